The Kier molecular flexibility index (Phi) is 5.12. The minimum atomic E-state index is -0.276. The lowest BCUT2D eigenvalue weighted by Crippen LogP contribution is -2.23. The van der Waals surface area contributed by atoms with Gasteiger partial charge in [0.05, 0.1) is 11.7 Å². The van der Waals surface area contributed by atoms with Crippen molar-refractivity contribution in [2.45, 2.75) is 6.54 Å². The summed E-state index contributed by atoms with van der Waals surface area (Å²) in [5, 5.41) is 11.9. The van der Waals surface area contributed by atoms with Crippen molar-refractivity contribution in [3.63, 3.8) is 0 Å². The predicted molar refractivity (Wildman–Crippen MR) is 97.5 cm³/mol. The van der Waals surface area contributed by atoms with Crippen LogP contribution in [0.4, 0.5) is 0 Å². The molecule has 0 saturated carbocycles. The van der Waals surface area contributed by atoms with E-state index < -0.39 is 0 Å². The van der Waals surface area contributed by atoms with Crippen LogP contribution in [0.1, 0.15) is 5.56 Å². The molecular formula is C17H14BrN5O. The highest BCUT2D eigenvalue weighted by molar-refractivity contribution is 9.12. The zero-order chi connectivity index (χ0) is 16.8. The second-order valence-corrected chi connectivity index (χ2v) is 5.88. The number of nitrogens with zero attached hydrogens (tertiary/aromatic N) is 4. The van der Waals surface area contributed by atoms with E-state index in [9.17, 15) is 4.79 Å². The topological polar surface area (TPSA) is 72.2 Å². The molecule has 0 fully saturated rings. The number of aromatic nitrogens is 3. The normalized spacial score (nSPS) is 12.0. The van der Waals surface area contributed by atoms with E-state index in [4.69, 9.17) is 0 Å². The SMILES string of the molecule is O=C(Cn1nnc2ccccc21)NN=C/C(Br)=C/c1ccccc1. The standard InChI is InChI=1S/C17H14BrN5O/c18-14(10-13-6-2-1-3-7-13)11-19-21-17(24)12-23-16-9-5-4-8-15(16)20-22-23/h1-11H,12H2,(H,21,24)/b14-10-,19-11?. The van der Waals surface area contributed by atoms with Gasteiger partial charge in [0.2, 0.25) is 0 Å². The number of rotatable bonds is 5. The van der Waals surface area contributed by atoms with Gasteiger partial charge in [-0.1, -0.05) is 47.7 Å². The lowest BCUT2D eigenvalue weighted by molar-refractivity contribution is -0.121. The van der Waals surface area contributed by atoms with Gasteiger partial charge in [-0.25, -0.2) is 10.1 Å². The fourth-order valence-corrected chi connectivity index (χ4v) is 2.48. The number of halogens is 1. The summed E-state index contributed by atoms with van der Waals surface area (Å²) in [6, 6.07) is 17.3. The smallest absolute Gasteiger partial charge is 0.261 e. The Labute approximate surface area is 147 Å². The summed E-state index contributed by atoms with van der Waals surface area (Å²) in [5.41, 5.74) is 5.07. The van der Waals surface area contributed by atoms with Gasteiger partial charge in [-0.05, 0) is 39.7 Å². The van der Waals surface area contributed by atoms with Gasteiger partial charge in [0, 0.05) is 4.48 Å². The molecule has 0 saturated heterocycles. The van der Waals surface area contributed by atoms with Crippen LogP contribution in [0.3, 0.4) is 0 Å². The van der Waals surface area contributed by atoms with Gasteiger partial charge in [0.25, 0.3) is 5.91 Å². The Balaban J connectivity index is 1.58. The van der Waals surface area contributed by atoms with Crippen molar-refractivity contribution in [1.29, 1.82) is 0 Å². The molecule has 1 heterocycles. The molecule has 0 aliphatic heterocycles. The number of hydrazone groups is 1. The third kappa shape index (κ3) is 4.14. The van der Waals surface area contributed by atoms with Crippen molar-refractivity contribution in [3.8, 4) is 0 Å². The van der Waals surface area contributed by atoms with Crippen molar-refractivity contribution in [2.24, 2.45) is 5.10 Å². The molecule has 0 unspecified atom stereocenters. The Morgan fingerprint density at radius 1 is 1.17 bits per heavy atom. The van der Waals surface area contributed by atoms with Crippen LogP contribution >= 0.6 is 15.9 Å². The Hall–Kier alpha value is -2.80. The number of hydrogen-bond acceptors (Lipinski definition) is 4. The van der Waals surface area contributed by atoms with Crippen LogP contribution in [-0.2, 0) is 11.3 Å². The van der Waals surface area contributed by atoms with Crippen molar-refractivity contribution >= 4 is 45.2 Å². The van der Waals surface area contributed by atoms with Crippen molar-refractivity contribution in [1.82, 2.24) is 20.4 Å². The number of carbonyl (C=O) groups is 1. The molecule has 1 aromatic heterocycles. The molecule has 0 spiro atoms. The summed E-state index contributed by atoms with van der Waals surface area (Å²) in [5.74, 6) is -0.276. The van der Waals surface area contributed by atoms with E-state index in [1.54, 1.807) is 0 Å². The molecule has 2 aromatic carbocycles. The largest absolute Gasteiger partial charge is 0.271 e. The second-order valence-electron chi connectivity index (χ2n) is 4.97. The number of amides is 1. The first-order chi connectivity index (χ1) is 11.7. The number of hydrogen-bond donors (Lipinski definition) is 1. The Bertz CT molecular complexity index is 901. The van der Waals surface area contributed by atoms with Gasteiger partial charge in [-0.3, -0.25) is 4.79 Å². The third-order valence-electron chi connectivity index (χ3n) is 3.19. The average Bonchev–Trinajstić information content (AvgIpc) is 2.99. The number of para-hydroxylation sites is 1. The van der Waals surface area contributed by atoms with Gasteiger partial charge in [0.15, 0.2) is 0 Å². The summed E-state index contributed by atoms with van der Waals surface area (Å²) in [6.45, 7) is 0.0534. The van der Waals surface area contributed by atoms with E-state index in [-0.39, 0.29) is 12.5 Å². The molecule has 0 atom stereocenters. The van der Waals surface area contributed by atoms with Crippen molar-refractivity contribution < 1.29 is 4.79 Å². The highest BCUT2D eigenvalue weighted by Crippen LogP contribution is 2.10. The van der Waals surface area contributed by atoms with Gasteiger partial charge < -0.3 is 0 Å². The fourth-order valence-electron chi connectivity index (χ4n) is 2.12. The monoisotopic (exact) mass is 383 g/mol. The molecular weight excluding hydrogens is 370 g/mol. The number of benzene rings is 2. The molecule has 24 heavy (non-hydrogen) atoms. The molecule has 7 heteroatoms. The van der Waals surface area contributed by atoms with Crippen LogP contribution in [0.15, 0.2) is 64.2 Å². The molecule has 1 amide bonds. The molecule has 120 valence electrons. The quantitative estimate of drug-likeness (QED) is 0.543. The molecule has 3 aromatic rings. The highest BCUT2D eigenvalue weighted by atomic mass is 79.9. The number of nitrogens with one attached hydrogen (secondary N) is 1. The van der Waals surface area contributed by atoms with Gasteiger partial charge >= 0.3 is 0 Å². The Morgan fingerprint density at radius 3 is 2.75 bits per heavy atom. The Morgan fingerprint density at radius 2 is 1.92 bits per heavy atom. The molecule has 0 aliphatic carbocycles. The molecule has 0 radical (unpaired) electrons. The predicted octanol–water partition coefficient (Wildman–Crippen LogP) is 2.97. The summed E-state index contributed by atoms with van der Waals surface area (Å²) < 4.78 is 2.29. The maximum absolute atomic E-state index is 11.9. The van der Waals surface area contributed by atoms with Crippen LogP contribution in [0.5, 0.6) is 0 Å². The van der Waals surface area contributed by atoms with Crippen LogP contribution < -0.4 is 5.43 Å². The molecule has 0 aliphatic rings. The summed E-state index contributed by atoms with van der Waals surface area (Å²) >= 11 is 3.39. The average molecular weight is 384 g/mol. The minimum absolute atomic E-state index is 0.0534. The second kappa shape index (κ2) is 7.65. The molecule has 0 bridgehead atoms. The molecule has 3 rings (SSSR count). The summed E-state index contributed by atoms with van der Waals surface area (Å²) in [4.78, 5) is 11.9. The van der Waals surface area contributed by atoms with Crippen LogP contribution in [-0.4, -0.2) is 27.1 Å². The van der Waals surface area contributed by atoms with Gasteiger partial charge in [-0.2, -0.15) is 5.10 Å². The summed E-state index contributed by atoms with van der Waals surface area (Å²) in [6.07, 6.45) is 3.44. The van der Waals surface area contributed by atoms with E-state index in [1.165, 1.54) is 10.9 Å². The van der Waals surface area contributed by atoms with Crippen LogP contribution in [0.2, 0.25) is 0 Å². The third-order valence-corrected chi connectivity index (χ3v) is 3.63. The van der Waals surface area contributed by atoms with E-state index in [0.29, 0.717) is 0 Å². The first-order valence-electron chi connectivity index (χ1n) is 7.25. The fraction of sp³-hybridized carbons (Fsp3) is 0.0588. The van der Waals surface area contributed by atoms with E-state index >= 15 is 0 Å². The minimum Gasteiger partial charge on any atom is -0.271 e. The molecule has 1 N–H and O–H groups in total. The maximum atomic E-state index is 11.9. The van der Waals surface area contributed by atoms with E-state index in [0.717, 1.165) is 21.1 Å². The molecule has 6 nitrogen and oxygen atoms in total. The van der Waals surface area contributed by atoms with E-state index in [1.807, 2.05) is 60.7 Å². The number of allylic oxidation sites excluding steroid dienone is 1. The zero-order valence-corrected chi connectivity index (χ0v) is 14.2. The van der Waals surface area contributed by atoms with Crippen molar-refractivity contribution in [2.75, 3.05) is 0 Å². The first-order valence-corrected chi connectivity index (χ1v) is 8.04. The van der Waals surface area contributed by atoms with Crippen molar-refractivity contribution in [3.05, 3.63) is 64.6 Å². The first kappa shape index (κ1) is 16.1. The van der Waals surface area contributed by atoms with E-state index in [2.05, 4.69) is 36.8 Å². The number of fused-ring (bicyclic) bond motifs is 1. The zero-order valence-electron chi connectivity index (χ0n) is 12.6. The lowest BCUT2D eigenvalue weighted by atomic mass is 10.2. The van der Waals surface area contributed by atoms with Gasteiger partial charge in [0.1, 0.15) is 12.1 Å². The van der Waals surface area contributed by atoms with Crippen LogP contribution in [0.25, 0.3) is 17.1 Å². The lowest BCUT2D eigenvalue weighted by Gasteiger charge is -2.01. The van der Waals surface area contributed by atoms with Crippen LogP contribution in [0, 0.1) is 0 Å². The van der Waals surface area contributed by atoms with Gasteiger partial charge in [-0.15, -0.1) is 5.10 Å². The number of carbonyl (C=O) groups excluding carboxylic acids is 1. The maximum Gasteiger partial charge on any atom is 0.261 e. The summed E-state index contributed by atoms with van der Waals surface area (Å²) in [7, 11) is 0. The highest BCUT2D eigenvalue weighted by Gasteiger charge is 2.07.